The normalized spacial score (nSPS) is 24.7. The van der Waals surface area contributed by atoms with Crippen molar-refractivity contribution in [2.75, 3.05) is 24.5 Å². The Labute approximate surface area is 129 Å². The largest absolute Gasteiger partial charge is 0.339 e. The zero-order valence-corrected chi connectivity index (χ0v) is 12.5. The summed E-state index contributed by atoms with van der Waals surface area (Å²) in [7, 11) is 0. The standard InChI is InChI=1S/C17H19FN4/c18-15-4-2-14(3-5-15)12-22-11-7-17(22)6-10-21(13-17)16-19-8-1-9-20-16/h1-5,8-9H,6-7,10-13H2/t17-/m1/s1. The van der Waals surface area contributed by atoms with Crippen molar-refractivity contribution in [3.8, 4) is 0 Å². The number of hydrogen-bond donors (Lipinski definition) is 0. The summed E-state index contributed by atoms with van der Waals surface area (Å²) in [4.78, 5) is 13.5. The van der Waals surface area contributed by atoms with Gasteiger partial charge in [0.25, 0.3) is 0 Å². The molecule has 1 aromatic carbocycles. The van der Waals surface area contributed by atoms with Gasteiger partial charge in [-0.05, 0) is 36.6 Å². The highest BCUT2D eigenvalue weighted by molar-refractivity contribution is 5.34. The minimum Gasteiger partial charge on any atom is -0.339 e. The zero-order valence-electron chi connectivity index (χ0n) is 12.5. The molecule has 1 aromatic heterocycles. The first-order valence-corrected chi connectivity index (χ1v) is 7.77. The maximum Gasteiger partial charge on any atom is 0.225 e. The molecule has 0 radical (unpaired) electrons. The van der Waals surface area contributed by atoms with Gasteiger partial charge in [0.05, 0.1) is 0 Å². The summed E-state index contributed by atoms with van der Waals surface area (Å²) < 4.78 is 13.0. The third-order valence-electron chi connectivity index (χ3n) is 4.97. The van der Waals surface area contributed by atoms with Crippen molar-refractivity contribution in [2.24, 2.45) is 0 Å². The van der Waals surface area contributed by atoms with E-state index in [0.29, 0.717) is 0 Å². The molecule has 4 rings (SSSR count). The van der Waals surface area contributed by atoms with Gasteiger partial charge in [0.1, 0.15) is 5.82 Å². The molecule has 0 unspecified atom stereocenters. The Balaban J connectivity index is 1.45. The fourth-order valence-electron chi connectivity index (χ4n) is 3.59. The molecule has 2 aromatic rings. The molecule has 0 N–H and O–H groups in total. The molecule has 22 heavy (non-hydrogen) atoms. The van der Waals surface area contributed by atoms with Crippen LogP contribution in [0.15, 0.2) is 42.7 Å². The van der Waals surface area contributed by atoms with Gasteiger partial charge in [-0.3, -0.25) is 4.90 Å². The molecule has 114 valence electrons. The fraction of sp³-hybridized carbons (Fsp3) is 0.412. The first-order valence-electron chi connectivity index (χ1n) is 7.77. The van der Waals surface area contributed by atoms with Gasteiger partial charge in [-0.25, -0.2) is 14.4 Å². The number of rotatable bonds is 3. The van der Waals surface area contributed by atoms with Crippen LogP contribution < -0.4 is 4.90 Å². The molecule has 2 saturated heterocycles. The van der Waals surface area contributed by atoms with Gasteiger partial charge in [0.2, 0.25) is 5.95 Å². The second-order valence-corrected chi connectivity index (χ2v) is 6.24. The third-order valence-corrected chi connectivity index (χ3v) is 4.97. The summed E-state index contributed by atoms with van der Waals surface area (Å²) in [6.07, 6.45) is 5.96. The van der Waals surface area contributed by atoms with Crippen molar-refractivity contribution in [1.82, 2.24) is 14.9 Å². The molecule has 4 nitrogen and oxygen atoms in total. The van der Waals surface area contributed by atoms with E-state index in [2.05, 4.69) is 19.8 Å². The Morgan fingerprint density at radius 2 is 1.77 bits per heavy atom. The molecular weight excluding hydrogens is 279 g/mol. The van der Waals surface area contributed by atoms with Crippen LogP contribution >= 0.6 is 0 Å². The Hall–Kier alpha value is -2.01. The summed E-state index contributed by atoms with van der Waals surface area (Å²) in [5, 5.41) is 0. The second kappa shape index (κ2) is 5.32. The number of halogens is 1. The lowest BCUT2D eigenvalue weighted by atomic mass is 9.83. The summed E-state index contributed by atoms with van der Waals surface area (Å²) in [5.41, 5.74) is 1.42. The average Bonchev–Trinajstić information content (AvgIpc) is 3.02. The lowest BCUT2D eigenvalue weighted by molar-refractivity contribution is -0.00483. The van der Waals surface area contributed by atoms with Crippen molar-refractivity contribution >= 4 is 5.95 Å². The summed E-state index contributed by atoms with van der Waals surface area (Å²) in [6, 6.07) is 8.70. The molecule has 2 fully saturated rings. The lowest BCUT2D eigenvalue weighted by Crippen LogP contribution is -2.60. The highest BCUT2D eigenvalue weighted by atomic mass is 19.1. The van der Waals surface area contributed by atoms with Gasteiger partial charge < -0.3 is 4.90 Å². The van der Waals surface area contributed by atoms with Crippen molar-refractivity contribution < 1.29 is 4.39 Å². The molecule has 1 spiro atoms. The van der Waals surface area contributed by atoms with Gasteiger partial charge >= 0.3 is 0 Å². The minimum atomic E-state index is -0.171. The summed E-state index contributed by atoms with van der Waals surface area (Å²) in [5.74, 6) is 0.656. The van der Waals surface area contributed by atoms with E-state index in [1.807, 2.05) is 18.2 Å². The average molecular weight is 298 g/mol. The van der Waals surface area contributed by atoms with Crippen molar-refractivity contribution in [2.45, 2.75) is 24.9 Å². The quantitative estimate of drug-likeness (QED) is 0.871. The van der Waals surface area contributed by atoms with Crippen molar-refractivity contribution in [3.05, 3.63) is 54.1 Å². The van der Waals surface area contributed by atoms with E-state index >= 15 is 0 Å². The van der Waals surface area contributed by atoms with Gasteiger partial charge in [0, 0.05) is 44.1 Å². The number of aromatic nitrogens is 2. The van der Waals surface area contributed by atoms with E-state index in [9.17, 15) is 4.39 Å². The molecule has 5 heteroatoms. The van der Waals surface area contributed by atoms with Gasteiger partial charge in [0.15, 0.2) is 0 Å². The molecule has 0 saturated carbocycles. The van der Waals surface area contributed by atoms with E-state index in [1.165, 1.54) is 12.0 Å². The molecule has 3 heterocycles. The van der Waals surface area contributed by atoms with E-state index in [1.54, 1.807) is 24.5 Å². The Morgan fingerprint density at radius 1 is 1.05 bits per heavy atom. The van der Waals surface area contributed by atoms with Crippen LogP contribution in [0, 0.1) is 5.82 Å². The minimum absolute atomic E-state index is 0.171. The Morgan fingerprint density at radius 3 is 2.45 bits per heavy atom. The van der Waals surface area contributed by atoms with Crippen LogP contribution in [0.5, 0.6) is 0 Å². The first kappa shape index (κ1) is 13.6. The van der Waals surface area contributed by atoms with E-state index in [-0.39, 0.29) is 11.4 Å². The van der Waals surface area contributed by atoms with Crippen LogP contribution in [0.4, 0.5) is 10.3 Å². The maximum absolute atomic E-state index is 13.0. The number of hydrogen-bond acceptors (Lipinski definition) is 4. The third kappa shape index (κ3) is 2.35. The maximum atomic E-state index is 13.0. The monoisotopic (exact) mass is 298 g/mol. The number of anilines is 1. The SMILES string of the molecule is Fc1ccc(CN2CC[C@@]23CCN(c2ncccn2)C3)cc1. The van der Waals surface area contributed by atoms with Crippen molar-refractivity contribution in [3.63, 3.8) is 0 Å². The van der Waals surface area contributed by atoms with Gasteiger partial charge in [-0.2, -0.15) is 0 Å². The molecule has 0 bridgehead atoms. The van der Waals surface area contributed by atoms with Crippen LogP contribution in [-0.4, -0.2) is 40.0 Å². The molecule has 0 amide bonds. The molecular formula is C17H19FN4. The molecule has 1 atom stereocenters. The predicted octanol–water partition coefficient (Wildman–Crippen LogP) is 2.47. The van der Waals surface area contributed by atoms with Gasteiger partial charge in [-0.1, -0.05) is 12.1 Å². The molecule has 2 aliphatic rings. The van der Waals surface area contributed by atoms with E-state index in [4.69, 9.17) is 0 Å². The van der Waals surface area contributed by atoms with Crippen LogP contribution in [0.25, 0.3) is 0 Å². The number of likely N-dealkylation sites (tertiary alicyclic amines) is 1. The highest BCUT2D eigenvalue weighted by Crippen LogP contribution is 2.40. The number of benzene rings is 1. The molecule has 0 aliphatic carbocycles. The van der Waals surface area contributed by atoms with E-state index in [0.717, 1.165) is 38.5 Å². The van der Waals surface area contributed by atoms with Crippen molar-refractivity contribution in [1.29, 1.82) is 0 Å². The smallest absolute Gasteiger partial charge is 0.225 e. The first-order chi connectivity index (χ1) is 10.8. The Kier molecular flexibility index (Phi) is 3.30. The van der Waals surface area contributed by atoms with Crippen LogP contribution in [0.2, 0.25) is 0 Å². The number of nitrogens with zero attached hydrogens (tertiary/aromatic N) is 4. The predicted molar refractivity (Wildman–Crippen MR) is 83.0 cm³/mol. The lowest BCUT2D eigenvalue weighted by Gasteiger charge is -2.50. The fourth-order valence-corrected chi connectivity index (χ4v) is 3.59. The van der Waals surface area contributed by atoms with Crippen LogP contribution in [0.1, 0.15) is 18.4 Å². The topological polar surface area (TPSA) is 32.3 Å². The summed E-state index contributed by atoms with van der Waals surface area (Å²) >= 11 is 0. The van der Waals surface area contributed by atoms with Crippen LogP contribution in [-0.2, 0) is 6.54 Å². The Bertz CT molecular complexity index is 645. The summed E-state index contributed by atoms with van der Waals surface area (Å²) in [6.45, 7) is 3.99. The highest BCUT2D eigenvalue weighted by Gasteiger charge is 2.49. The van der Waals surface area contributed by atoms with E-state index < -0.39 is 0 Å². The van der Waals surface area contributed by atoms with Crippen LogP contribution in [0.3, 0.4) is 0 Å². The molecule has 2 aliphatic heterocycles. The zero-order chi connectivity index (χ0) is 15.0. The second-order valence-electron chi connectivity index (χ2n) is 6.24. The van der Waals surface area contributed by atoms with Gasteiger partial charge in [-0.15, -0.1) is 0 Å².